The molecule has 11 heteroatoms. The maximum atomic E-state index is 12.4. The third-order valence-electron chi connectivity index (χ3n) is 5.51. The van der Waals surface area contributed by atoms with Gasteiger partial charge in [0.2, 0.25) is 0 Å². The smallest absolute Gasteiger partial charge is 0.475 e. The first-order valence-corrected chi connectivity index (χ1v) is 10.6. The second-order valence-corrected chi connectivity index (χ2v) is 7.89. The van der Waals surface area contributed by atoms with Gasteiger partial charge in [-0.2, -0.15) is 13.2 Å². The van der Waals surface area contributed by atoms with Crippen LogP contribution in [0.4, 0.5) is 23.7 Å². The van der Waals surface area contributed by atoms with Crippen molar-refractivity contribution in [2.24, 2.45) is 0 Å². The van der Waals surface area contributed by atoms with Crippen LogP contribution in [0.3, 0.4) is 0 Å². The summed E-state index contributed by atoms with van der Waals surface area (Å²) in [7, 11) is 0. The summed E-state index contributed by atoms with van der Waals surface area (Å²) in [5.74, 6) is -2.76. The maximum absolute atomic E-state index is 12.4. The standard InChI is InChI=1S/C21H25N3O3.C2HF3O2/c25-14-20-11-22-8-9-24(20)19-7-6-17-12-23(13-18(17)10-19)21(26)27-15-16-4-2-1-3-5-16;3-2(4,5)1(6)7/h1-7,10,20,22,25H,8-9,11-15H2;(H,6,7)/t20-;/m0./s1. The number of nitrogens with one attached hydrogen (secondary N) is 1. The Bertz CT molecular complexity index is 988. The highest BCUT2D eigenvalue weighted by atomic mass is 19.4. The summed E-state index contributed by atoms with van der Waals surface area (Å²) in [5.41, 5.74) is 4.40. The van der Waals surface area contributed by atoms with Gasteiger partial charge < -0.3 is 25.2 Å². The number of rotatable bonds is 4. The largest absolute Gasteiger partial charge is 0.490 e. The van der Waals surface area contributed by atoms with Crippen molar-refractivity contribution >= 4 is 17.7 Å². The number of ether oxygens (including phenoxy) is 1. The Morgan fingerprint density at radius 1 is 1.09 bits per heavy atom. The van der Waals surface area contributed by atoms with E-state index < -0.39 is 12.1 Å². The molecule has 0 unspecified atom stereocenters. The molecule has 34 heavy (non-hydrogen) atoms. The molecule has 0 spiro atoms. The Morgan fingerprint density at radius 2 is 1.76 bits per heavy atom. The van der Waals surface area contributed by atoms with Gasteiger partial charge in [-0.05, 0) is 28.8 Å². The number of carbonyl (C=O) groups excluding carboxylic acids is 1. The Kier molecular flexibility index (Phi) is 8.35. The number of benzene rings is 2. The predicted molar refractivity (Wildman–Crippen MR) is 117 cm³/mol. The number of piperazine rings is 1. The first kappa shape index (κ1) is 25.3. The number of amides is 1. The fraction of sp³-hybridized carbons (Fsp3) is 0.391. The molecule has 0 aliphatic carbocycles. The van der Waals surface area contributed by atoms with E-state index >= 15 is 0 Å². The lowest BCUT2D eigenvalue weighted by Gasteiger charge is -2.37. The number of hydrogen-bond acceptors (Lipinski definition) is 6. The van der Waals surface area contributed by atoms with E-state index in [1.807, 2.05) is 30.3 Å². The molecule has 8 nitrogen and oxygen atoms in total. The first-order valence-electron chi connectivity index (χ1n) is 10.6. The number of nitrogens with zero attached hydrogens (tertiary/aromatic N) is 2. The zero-order chi connectivity index (χ0) is 24.7. The van der Waals surface area contributed by atoms with Crippen LogP contribution >= 0.6 is 0 Å². The Labute approximate surface area is 194 Å². The van der Waals surface area contributed by atoms with Crippen molar-refractivity contribution in [1.82, 2.24) is 10.2 Å². The number of aliphatic hydroxyl groups excluding tert-OH is 1. The molecule has 1 saturated heterocycles. The molecular formula is C23H26F3N3O5. The molecule has 2 aromatic rings. The Balaban J connectivity index is 0.000000406. The fourth-order valence-corrected chi connectivity index (χ4v) is 3.76. The van der Waals surface area contributed by atoms with Crippen LogP contribution in [0.5, 0.6) is 0 Å². The molecule has 0 aromatic heterocycles. The van der Waals surface area contributed by atoms with E-state index in [0.717, 1.165) is 42.0 Å². The highest BCUT2D eigenvalue weighted by Gasteiger charge is 2.38. The number of halogens is 3. The van der Waals surface area contributed by atoms with Crippen LogP contribution in [0.2, 0.25) is 0 Å². The lowest BCUT2D eigenvalue weighted by molar-refractivity contribution is -0.192. The number of carboxylic acid groups (broad SMARTS) is 1. The van der Waals surface area contributed by atoms with Gasteiger partial charge in [0.05, 0.1) is 12.6 Å². The minimum atomic E-state index is -5.08. The van der Waals surface area contributed by atoms with Gasteiger partial charge in [0.15, 0.2) is 0 Å². The number of aliphatic carboxylic acids is 1. The van der Waals surface area contributed by atoms with Gasteiger partial charge in [0, 0.05) is 38.4 Å². The highest BCUT2D eigenvalue weighted by molar-refractivity contribution is 5.73. The molecule has 1 amide bonds. The number of aliphatic hydroxyl groups is 1. The van der Waals surface area contributed by atoms with Crippen LogP contribution in [-0.4, -0.2) is 65.6 Å². The number of anilines is 1. The molecule has 2 heterocycles. The second-order valence-electron chi connectivity index (χ2n) is 7.89. The van der Waals surface area contributed by atoms with E-state index in [0.29, 0.717) is 13.1 Å². The van der Waals surface area contributed by atoms with Crippen molar-refractivity contribution in [3.8, 4) is 0 Å². The average Bonchev–Trinajstić information content (AvgIpc) is 3.26. The van der Waals surface area contributed by atoms with Gasteiger partial charge in [0.25, 0.3) is 0 Å². The van der Waals surface area contributed by atoms with Crippen molar-refractivity contribution < 1.29 is 37.7 Å². The number of fused-ring (bicyclic) bond motifs is 1. The van der Waals surface area contributed by atoms with Gasteiger partial charge in [-0.1, -0.05) is 36.4 Å². The SMILES string of the molecule is O=C(O)C(F)(F)F.O=C(OCc1ccccc1)N1Cc2ccc(N3CCNC[C@H]3CO)cc2C1. The molecule has 1 fully saturated rings. The van der Waals surface area contributed by atoms with Crippen molar-refractivity contribution in [2.45, 2.75) is 31.9 Å². The summed E-state index contributed by atoms with van der Waals surface area (Å²) in [6, 6.07) is 16.1. The van der Waals surface area contributed by atoms with E-state index in [4.69, 9.17) is 14.6 Å². The number of carbonyl (C=O) groups is 2. The predicted octanol–water partition coefficient (Wildman–Crippen LogP) is 2.74. The van der Waals surface area contributed by atoms with Gasteiger partial charge in [-0.25, -0.2) is 9.59 Å². The lowest BCUT2D eigenvalue weighted by atomic mass is 10.1. The molecule has 3 N–H and O–H groups in total. The zero-order valence-corrected chi connectivity index (χ0v) is 18.3. The molecule has 184 valence electrons. The summed E-state index contributed by atoms with van der Waals surface area (Å²) in [4.78, 5) is 25.3. The minimum Gasteiger partial charge on any atom is -0.475 e. The summed E-state index contributed by atoms with van der Waals surface area (Å²) < 4.78 is 37.2. The van der Waals surface area contributed by atoms with Crippen molar-refractivity contribution in [2.75, 3.05) is 31.1 Å². The third-order valence-corrected chi connectivity index (χ3v) is 5.51. The van der Waals surface area contributed by atoms with Gasteiger partial charge >= 0.3 is 18.2 Å². The van der Waals surface area contributed by atoms with Crippen LogP contribution in [-0.2, 0) is 29.2 Å². The maximum Gasteiger partial charge on any atom is 0.490 e. The number of hydrogen-bond donors (Lipinski definition) is 3. The van der Waals surface area contributed by atoms with E-state index in [1.54, 1.807) is 4.90 Å². The fourth-order valence-electron chi connectivity index (χ4n) is 3.76. The van der Waals surface area contributed by atoms with E-state index in [1.165, 1.54) is 0 Å². The Hall–Kier alpha value is -3.31. The van der Waals surface area contributed by atoms with Crippen LogP contribution < -0.4 is 10.2 Å². The van der Waals surface area contributed by atoms with E-state index in [-0.39, 0.29) is 25.3 Å². The van der Waals surface area contributed by atoms with Gasteiger partial charge in [-0.15, -0.1) is 0 Å². The van der Waals surface area contributed by atoms with Crippen LogP contribution in [0.15, 0.2) is 48.5 Å². The van der Waals surface area contributed by atoms with Crippen LogP contribution in [0.25, 0.3) is 0 Å². The number of carboxylic acids is 1. The summed E-state index contributed by atoms with van der Waals surface area (Å²) in [6.07, 6.45) is -5.37. The summed E-state index contributed by atoms with van der Waals surface area (Å²) in [6.45, 7) is 4.11. The quantitative estimate of drug-likeness (QED) is 0.617. The molecule has 0 bridgehead atoms. The second kappa shape index (κ2) is 11.2. The highest BCUT2D eigenvalue weighted by Crippen LogP contribution is 2.29. The van der Waals surface area contributed by atoms with Gasteiger partial charge in [-0.3, -0.25) is 4.90 Å². The monoisotopic (exact) mass is 481 g/mol. The molecule has 1 atom stereocenters. The zero-order valence-electron chi connectivity index (χ0n) is 18.3. The first-order chi connectivity index (χ1) is 16.2. The molecule has 2 aliphatic rings. The number of alkyl halides is 3. The van der Waals surface area contributed by atoms with Crippen molar-refractivity contribution in [1.29, 1.82) is 0 Å². The lowest BCUT2D eigenvalue weighted by Crippen LogP contribution is -2.53. The van der Waals surface area contributed by atoms with E-state index in [2.05, 4.69) is 28.4 Å². The van der Waals surface area contributed by atoms with E-state index in [9.17, 15) is 23.1 Å². The Morgan fingerprint density at radius 3 is 2.41 bits per heavy atom. The average molecular weight is 481 g/mol. The summed E-state index contributed by atoms with van der Waals surface area (Å²) >= 11 is 0. The molecule has 2 aromatic carbocycles. The molecular weight excluding hydrogens is 455 g/mol. The third kappa shape index (κ3) is 6.61. The minimum absolute atomic E-state index is 0.0881. The van der Waals surface area contributed by atoms with Crippen molar-refractivity contribution in [3.63, 3.8) is 0 Å². The molecule has 2 aliphatic heterocycles. The topological polar surface area (TPSA) is 102 Å². The van der Waals surface area contributed by atoms with Crippen LogP contribution in [0, 0.1) is 0 Å². The molecule has 0 saturated carbocycles. The van der Waals surface area contributed by atoms with Gasteiger partial charge in [0.1, 0.15) is 6.61 Å². The molecule has 0 radical (unpaired) electrons. The van der Waals surface area contributed by atoms with Crippen LogP contribution in [0.1, 0.15) is 16.7 Å². The molecule has 4 rings (SSSR count). The van der Waals surface area contributed by atoms with Crippen molar-refractivity contribution in [3.05, 3.63) is 65.2 Å². The normalized spacial score (nSPS) is 17.5. The summed E-state index contributed by atoms with van der Waals surface area (Å²) in [5, 5.41) is 20.1.